The summed E-state index contributed by atoms with van der Waals surface area (Å²) in [5.41, 5.74) is 2.91. The standard InChI is InChI=1S/C23H17ClN2O4/c1-13-6-7-17(10-14(13)2)26-22(28)19(21(27)25-23(26)29)12-18-8-9-20(30-18)15-4-3-5-16(24)11-15/h3-12H,1-2H3,(H,25,27,29)/b19-12+. The van der Waals surface area contributed by atoms with Crippen LogP contribution in [-0.4, -0.2) is 17.8 Å². The molecule has 30 heavy (non-hydrogen) atoms. The molecule has 0 radical (unpaired) electrons. The van der Waals surface area contributed by atoms with Gasteiger partial charge >= 0.3 is 6.03 Å². The van der Waals surface area contributed by atoms with Crippen molar-refractivity contribution >= 4 is 41.2 Å². The van der Waals surface area contributed by atoms with Gasteiger partial charge in [0.25, 0.3) is 11.8 Å². The van der Waals surface area contributed by atoms with Crippen LogP contribution in [0.15, 0.2) is 64.6 Å². The van der Waals surface area contributed by atoms with E-state index in [-0.39, 0.29) is 5.57 Å². The summed E-state index contributed by atoms with van der Waals surface area (Å²) in [5, 5.41) is 2.77. The lowest BCUT2D eigenvalue weighted by molar-refractivity contribution is -0.122. The van der Waals surface area contributed by atoms with Crippen molar-refractivity contribution in [2.45, 2.75) is 13.8 Å². The molecule has 6 nitrogen and oxygen atoms in total. The molecule has 0 spiro atoms. The zero-order chi connectivity index (χ0) is 21.4. The van der Waals surface area contributed by atoms with Gasteiger partial charge in [-0.15, -0.1) is 0 Å². The summed E-state index contributed by atoms with van der Waals surface area (Å²) >= 11 is 6.02. The van der Waals surface area contributed by atoms with Crippen molar-refractivity contribution in [3.63, 3.8) is 0 Å². The highest BCUT2D eigenvalue weighted by atomic mass is 35.5. The molecule has 1 fully saturated rings. The zero-order valence-electron chi connectivity index (χ0n) is 16.2. The minimum absolute atomic E-state index is 0.195. The van der Waals surface area contributed by atoms with Crippen molar-refractivity contribution in [2.75, 3.05) is 4.90 Å². The lowest BCUT2D eigenvalue weighted by Crippen LogP contribution is -2.54. The van der Waals surface area contributed by atoms with Gasteiger partial charge in [-0.05, 0) is 67.4 Å². The van der Waals surface area contributed by atoms with E-state index in [1.54, 1.807) is 42.5 Å². The van der Waals surface area contributed by atoms with Gasteiger partial charge in [0.1, 0.15) is 17.1 Å². The van der Waals surface area contributed by atoms with Crippen LogP contribution in [-0.2, 0) is 9.59 Å². The molecule has 1 N–H and O–H groups in total. The summed E-state index contributed by atoms with van der Waals surface area (Å²) in [6.45, 7) is 3.81. The van der Waals surface area contributed by atoms with Crippen LogP contribution in [0.5, 0.6) is 0 Å². The molecule has 0 saturated carbocycles. The number of barbiturate groups is 1. The molecule has 150 valence electrons. The smallest absolute Gasteiger partial charge is 0.335 e. The molecule has 2 aromatic carbocycles. The largest absolute Gasteiger partial charge is 0.457 e. The van der Waals surface area contributed by atoms with Crippen LogP contribution in [0.3, 0.4) is 0 Å². The average molecular weight is 421 g/mol. The number of halogens is 1. The van der Waals surface area contributed by atoms with Crippen molar-refractivity contribution in [1.29, 1.82) is 0 Å². The number of hydrogen-bond donors (Lipinski definition) is 1. The number of carbonyl (C=O) groups is 3. The normalized spacial score (nSPS) is 15.6. The first-order chi connectivity index (χ1) is 14.3. The van der Waals surface area contributed by atoms with Crippen molar-refractivity contribution in [3.05, 3.63) is 82.1 Å². The maximum Gasteiger partial charge on any atom is 0.335 e. The van der Waals surface area contributed by atoms with Crippen molar-refractivity contribution in [3.8, 4) is 11.3 Å². The van der Waals surface area contributed by atoms with Gasteiger partial charge in [0.05, 0.1) is 5.69 Å². The number of imide groups is 2. The molecule has 0 atom stereocenters. The van der Waals surface area contributed by atoms with Gasteiger partial charge in [0, 0.05) is 10.6 Å². The van der Waals surface area contributed by atoms with Gasteiger partial charge < -0.3 is 4.42 Å². The fraction of sp³-hybridized carbons (Fsp3) is 0.0870. The molecule has 1 saturated heterocycles. The summed E-state index contributed by atoms with van der Waals surface area (Å²) < 4.78 is 5.76. The molecular formula is C23H17ClN2O4. The molecule has 4 rings (SSSR count). The van der Waals surface area contributed by atoms with Crippen molar-refractivity contribution in [1.82, 2.24) is 5.32 Å². The molecule has 0 unspecified atom stereocenters. The lowest BCUT2D eigenvalue weighted by Gasteiger charge is -2.26. The summed E-state index contributed by atoms with van der Waals surface area (Å²) in [7, 11) is 0. The predicted octanol–water partition coefficient (Wildman–Crippen LogP) is 4.88. The van der Waals surface area contributed by atoms with Gasteiger partial charge in [0.2, 0.25) is 0 Å². The molecular weight excluding hydrogens is 404 g/mol. The first kappa shape index (κ1) is 19.7. The maximum absolute atomic E-state index is 13.0. The third kappa shape index (κ3) is 3.65. The molecule has 1 aromatic heterocycles. The Morgan fingerprint density at radius 1 is 0.967 bits per heavy atom. The second kappa shape index (κ2) is 7.65. The summed E-state index contributed by atoms with van der Waals surface area (Å²) in [6, 6.07) is 14.9. The number of urea groups is 1. The highest BCUT2D eigenvalue weighted by Crippen LogP contribution is 2.27. The van der Waals surface area contributed by atoms with E-state index < -0.39 is 17.8 Å². The summed E-state index contributed by atoms with van der Waals surface area (Å²) in [6.07, 6.45) is 1.33. The van der Waals surface area contributed by atoms with Crippen molar-refractivity contribution in [2.24, 2.45) is 0 Å². The highest BCUT2D eigenvalue weighted by molar-refractivity contribution is 6.39. The quantitative estimate of drug-likeness (QED) is 0.483. The topological polar surface area (TPSA) is 79.6 Å². The van der Waals surface area contributed by atoms with Crippen LogP contribution in [0, 0.1) is 13.8 Å². The van der Waals surface area contributed by atoms with E-state index in [4.69, 9.17) is 16.0 Å². The Morgan fingerprint density at radius 2 is 1.77 bits per heavy atom. The molecule has 2 heterocycles. The number of nitrogens with zero attached hydrogens (tertiary/aromatic N) is 1. The number of hydrogen-bond acceptors (Lipinski definition) is 4. The predicted molar refractivity (Wildman–Crippen MR) is 114 cm³/mol. The Bertz CT molecular complexity index is 1230. The maximum atomic E-state index is 13.0. The lowest BCUT2D eigenvalue weighted by atomic mass is 10.1. The van der Waals surface area contributed by atoms with Gasteiger partial charge in [-0.25, -0.2) is 9.69 Å². The number of rotatable bonds is 3. The Kier molecular flexibility index (Phi) is 5.01. The van der Waals surface area contributed by atoms with E-state index >= 15 is 0 Å². The fourth-order valence-electron chi connectivity index (χ4n) is 3.13. The molecule has 0 aliphatic carbocycles. The molecule has 0 bridgehead atoms. The van der Waals surface area contributed by atoms with Crippen LogP contribution in [0.25, 0.3) is 17.4 Å². The van der Waals surface area contributed by atoms with Crippen molar-refractivity contribution < 1.29 is 18.8 Å². The third-order valence-electron chi connectivity index (χ3n) is 4.87. The number of carbonyl (C=O) groups excluding carboxylic acids is 3. The number of furan rings is 1. The zero-order valence-corrected chi connectivity index (χ0v) is 17.0. The number of benzene rings is 2. The van der Waals surface area contributed by atoms with Crippen LogP contribution < -0.4 is 10.2 Å². The second-order valence-electron chi connectivity index (χ2n) is 6.94. The monoisotopic (exact) mass is 420 g/mol. The number of amides is 4. The first-order valence-electron chi connectivity index (χ1n) is 9.18. The Morgan fingerprint density at radius 3 is 2.50 bits per heavy atom. The average Bonchev–Trinajstić information content (AvgIpc) is 3.16. The van der Waals surface area contributed by atoms with E-state index in [1.165, 1.54) is 6.08 Å². The Hall–Kier alpha value is -3.64. The highest BCUT2D eigenvalue weighted by Gasteiger charge is 2.37. The Labute approximate surface area is 177 Å². The minimum atomic E-state index is -0.788. The third-order valence-corrected chi connectivity index (χ3v) is 5.11. The summed E-state index contributed by atoms with van der Waals surface area (Å²) in [4.78, 5) is 38.6. The van der Waals surface area contributed by atoms with Gasteiger partial charge in [0.15, 0.2) is 0 Å². The molecule has 3 aromatic rings. The van der Waals surface area contributed by atoms with Gasteiger partial charge in [-0.2, -0.15) is 0 Å². The fourth-order valence-corrected chi connectivity index (χ4v) is 3.32. The second-order valence-corrected chi connectivity index (χ2v) is 7.38. The minimum Gasteiger partial charge on any atom is -0.457 e. The number of nitrogens with one attached hydrogen (secondary N) is 1. The van der Waals surface area contributed by atoms with Crippen LogP contribution in [0.4, 0.5) is 10.5 Å². The number of aryl methyl sites for hydroxylation is 2. The summed E-state index contributed by atoms with van der Waals surface area (Å²) in [5.74, 6) is -0.647. The van der Waals surface area contributed by atoms with E-state index in [9.17, 15) is 14.4 Å². The Balaban J connectivity index is 1.68. The van der Waals surface area contributed by atoms with E-state index in [1.807, 2.05) is 26.0 Å². The van der Waals surface area contributed by atoms with Crippen LogP contribution >= 0.6 is 11.6 Å². The van der Waals surface area contributed by atoms with E-state index in [2.05, 4.69) is 5.32 Å². The van der Waals surface area contributed by atoms with E-state index in [0.717, 1.165) is 21.6 Å². The molecule has 1 aliphatic rings. The molecule has 1 aliphatic heterocycles. The van der Waals surface area contributed by atoms with Crippen LogP contribution in [0.2, 0.25) is 5.02 Å². The van der Waals surface area contributed by atoms with Gasteiger partial charge in [-0.1, -0.05) is 29.8 Å². The first-order valence-corrected chi connectivity index (χ1v) is 9.56. The molecule has 4 amide bonds. The van der Waals surface area contributed by atoms with E-state index in [0.29, 0.717) is 22.2 Å². The SMILES string of the molecule is Cc1ccc(N2C(=O)NC(=O)/C(=C\c3ccc(-c4cccc(Cl)c4)o3)C2=O)cc1C. The molecule has 7 heteroatoms. The number of anilines is 1. The van der Waals surface area contributed by atoms with Gasteiger partial charge in [-0.3, -0.25) is 14.9 Å². The van der Waals surface area contributed by atoms with Crippen LogP contribution in [0.1, 0.15) is 16.9 Å².